The van der Waals surface area contributed by atoms with Gasteiger partial charge in [-0.3, -0.25) is 0 Å². The van der Waals surface area contributed by atoms with Crippen molar-refractivity contribution >= 4 is 17.4 Å². The number of likely N-dealkylation sites (N-methyl/N-ethyl adjacent to an activating group) is 1. The van der Waals surface area contributed by atoms with E-state index in [1.54, 1.807) is 25.2 Å². The van der Waals surface area contributed by atoms with Crippen LogP contribution >= 0.6 is 11.6 Å². The molecule has 2 heterocycles. The number of nitrogens with one attached hydrogen (secondary N) is 2. The van der Waals surface area contributed by atoms with Gasteiger partial charge in [0.05, 0.1) is 34.1 Å². The normalized spacial score (nSPS) is 18.2. The van der Waals surface area contributed by atoms with Crippen molar-refractivity contribution in [2.24, 2.45) is 0 Å². The number of halogens is 1. The minimum Gasteiger partial charge on any atom is -0.491 e. The molecule has 1 saturated carbocycles. The maximum absolute atomic E-state index is 10.0. The predicted molar refractivity (Wildman–Crippen MR) is 144 cm³/mol. The number of rotatable bonds is 11. The smallest absolute Gasteiger partial charge is 0.163 e. The minimum absolute atomic E-state index is 0.134. The molecule has 2 aromatic heterocycles. The third kappa shape index (κ3) is 6.23. The van der Waals surface area contributed by atoms with E-state index in [-0.39, 0.29) is 18.8 Å². The fourth-order valence-electron chi connectivity index (χ4n) is 4.77. The Kier molecular flexibility index (Phi) is 9.02. The van der Waals surface area contributed by atoms with E-state index in [4.69, 9.17) is 35.6 Å². The number of benzene rings is 1. The third-order valence-electron chi connectivity index (χ3n) is 6.63. The van der Waals surface area contributed by atoms with Crippen molar-refractivity contribution in [3.63, 3.8) is 0 Å². The Morgan fingerprint density at radius 2 is 2.03 bits per heavy atom. The molecular weight excluding hydrogens is 494 g/mol. The van der Waals surface area contributed by atoms with Gasteiger partial charge >= 0.3 is 0 Å². The van der Waals surface area contributed by atoms with Gasteiger partial charge in [0.1, 0.15) is 30.0 Å². The van der Waals surface area contributed by atoms with Crippen LogP contribution in [0.2, 0.25) is 5.02 Å². The maximum Gasteiger partial charge on any atom is 0.163 e. The number of hydrogen-bond acceptors (Lipinski definition) is 9. The fourth-order valence-corrected chi connectivity index (χ4v) is 4.98. The van der Waals surface area contributed by atoms with Crippen molar-refractivity contribution in [2.75, 3.05) is 32.1 Å². The van der Waals surface area contributed by atoms with Gasteiger partial charge in [-0.2, -0.15) is 0 Å². The largest absolute Gasteiger partial charge is 0.491 e. The number of aliphatic hydroxyl groups excluding tert-OH is 1. The molecule has 0 amide bonds. The van der Waals surface area contributed by atoms with E-state index in [1.165, 1.54) is 0 Å². The Morgan fingerprint density at radius 3 is 2.73 bits per heavy atom. The number of hydrogen-bond donors (Lipinski definition) is 3. The van der Waals surface area contributed by atoms with E-state index in [9.17, 15) is 5.11 Å². The zero-order valence-corrected chi connectivity index (χ0v) is 22.9. The summed E-state index contributed by atoms with van der Waals surface area (Å²) in [6.45, 7) is 9.06. The van der Waals surface area contributed by atoms with Crippen LogP contribution in [0.5, 0.6) is 5.75 Å². The Hall–Kier alpha value is -2.72. The highest BCUT2D eigenvalue weighted by atomic mass is 35.5. The molecule has 0 radical (unpaired) electrons. The fraction of sp³-hybridized carbons (Fsp3) is 0.519. The van der Waals surface area contributed by atoms with Crippen LogP contribution in [0.25, 0.3) is 22.6 Å². The number of anilines is 1. The van der Waals surface area contributed by atoms with Gasteiger partial charge < -0.3 is 29.7 Å². The first-order valence-corrected chi connectivity index (χ1v) is 13.2. The first kappa shape index (κ1) is 27.3. The lowest BCUT2D eigenvalue weighted by atomic mass is 10.0. The number of aryl methyl sites for hydroxylation is 2. The van der Waals surface area contributed by atoms with E-state index >= 15 is 0 Å². The average molecular weight is 530 g/mol. The van der Waals surface area contributed by atoms with Gasteiger partial charge in [0.2, 0.25) is 0 Å². The van der Waals surface area contributed by atoms with Crippen LogP contribution in [-0.4, -0.2) is 65.3 Å². The van der Waals surface area contributed by atoms with Crippen molar-refractivity contribution in [1.29, 1.82) is 0 Å². The molecule has 3 aromatic rings. The number of nitrogens with zero attached hydrogens (tertiary/aromatic N) is 3. The molecule has 0 bridgehead atoms. The topological polar surface area (TPSA) is 115 Å². The highest BCUT2D eigenvalue weighted by Gasteiger charge is 2.30. The third-order valence-corrected chi connectivity index (χ3v) is 6.96. The number of aliphatic hydroxyl groups is 1. The molecule has 9 nitrogen and oxygen atoms in total. The second-order valence-corrected chi connectivity index (χ2v) is 9.82. The molecule has 3 N–H and O–H groups in total. The van der Waals surface area contributed by atoms with Crippen LogP contribution in [0.15, 0.2) is 22.7 Å². The molecule has 1 aliphatic rings. The first-order valence-electron chi connectivity index (χ1n) is 12.8. The van der Waals surface area contributed by atoms with Crippen LogP contribution in [0.1, 0.15) is 43.2 Å². The van der Waals surface area contributed by atoms with Crippen molar-refractivity contribution in [2.45, 2.75) is 65.2 Å². The Labute approximate surface area is 222 Å². The summed E-state index contributed by atoms with van der Waals surface area (Å²) in [6, 6.07) is 5.48. The van der Waals surface area contributed by atoms with Crippen LogP contribution in [0.3, 0.4) is 0 Å². The molecule has 0 spiro atoms. The molecule has 0 aliphatic heterocycles. The summed E-state index contributed by atoms with van der Waals surface area (Å²) in [5.41, 5.74) is 3.87. The molecule has 37 heavy (non-hydrogen) atoms. The van der Waals surface area contributed by atoms with Gasteiger partial charge in [0, 0.05) is 24.3 Å². The molecular formula is C27H36ClN5O4. The van der Waals surface area contributed by atoms with Crippen molar-refractivity contribution in [1.82, 2.24) is 20.4 Å². The number of aromatic nitrogens is 3. The maximum atomic E-state index is 10.0. The van der Waals surface area contributed by atoms with E-state index in [2.05, 4.69) is 15.8 Å². The van der Waals surface area contributed by atoms with Crippen LogP contribution in [0, 0.1) is 20.8 Å². The van der Waals surface area contributed by atoms with Gasteiger partial charge in [-0.25, -0.2) is 9.97 Å². The molecule has 0 saturated heterocycles. The quantitative estimate of drug-likeness (QED) is 0.325. The monoisotopic (exact) mass is 529 g/mol. The summed E-state index contributed by atoms with van der Waals surface area (Å²) < 4.78 is 17.3. The summed E-state index contributed by atoms with van der Waals surface area (Å²) in [6.07, 6.45) is 2.62. The van der Waals surface area contributed by atoms with Gasteiger partial charge in [-0.05, 0) is 72.2 Å². The Bertz CT molecular complexity index is 1200. The summed E-state index contributed by atoms with van der Waals surface area (Å²) in [5, 5.41) is 21.2. The van der Waals surface area contributed by atoms with E-state index in [1.807, 2.05) is 27.7 Å². The standard InChI is InChI=1S/C27H36ClN5O4/c1-6-35-23-9-7-8-22(23)30-26-15(2)25(24-16(3)33-37-17(24)4)31-27(32-26)20-12-19(10-11-21(20)28)36-14-18(34)13-29-5/h10-12,18,22-23,29,34H,6-9,13-14H2,1-5H3,(H,30,31,32)/t18-,22+,23-/m1/s1. The van der Waals surface area contributed by atoms with Crippen molar-refractivity contribution < 1.29 is 19.1 Å². The Morgan fingerprint density at radius 1 is 1.22 bits per heavy atom. The molecule has 200 valence electrons. The summed E-state index contributed by atoms with van der Waals surface area (Å²) >= 11 is 6.64. The zero-order chi connectivity index (χ0) is 26.5. The molecule has 1 aliphatic carbocycles. The molecule has 4 rings (SSSR count). The van der Waals surface area contributed by atoms with Gasteiger partial charge in [0.25, 0.3) is 0 Å². The molecule has 1 aromatic carbocycles. The van der Waals surface area contributed by atoms with Crippen molar-refractivity contribution in [3.8, 4) is 28.4 Å². The molecule has 3 atom stereocenters. The highest BCUT2D eigenvalue weighted by molar-refractivity contribution is 6.33. The molecule has 0 unspecified atom stereocenters. The van der Waals surface area contributed by atoms with Crippen molar-refractivity contribution in [3.05, 3.63) is 40.2 Å². The summed E-state index contributed by atoms with van der Waals surface area (Å²) in [7, 11) is 1.78. The zero-order valence-electron chi connectivity index (χ0n) is 22.1. The lowest BCUT2D eigenvalue weighted by Gasteiger charge is -2.23. The Balaban J connectivity index is 1.76. The lowest BCUT2D eigenvalue weighted by Crippen LogP contribution is -2.31. The van der Waals surface area contributed by atoms with Gasteiger partial charge in [-0.15, -0.1) is 0 Å². The first-order chi connectivity index (χ1) is 17.8. The van der Waals surface area contributed by atoms with E-state index in [0.29, 0.717) is 41.1 Å². The minimum atomic E-state index is -0.633. The van der Waals surface area contributed by atoms with Gasteiger partial charge in [-0.1, -0.05) is 16.8 Å². The van der Waals surface area contributed by atoms with Crippen LogP contribution < -0.4 is 15.4 Å². The second kappa shape index (κ2) is 12.2. The summed E-state index contributed by atoms with van der Waals surface area (Å²) in [4.78, 5) is 9.87. The van der Waals surface area contributed by atoms with Crippen LogP contribution in [0.4, 0.5) is 5.82 Å². The average Bonchev–Trinajstić information content (AvgIpc) is 3.45. The molecule has 1 fully saturated rings. The SMILES string of the molecule is CCO[C@@H]1CCC[C@@H]1Nc1nc(-c2cc(OC[C@H](O)CNC)ccc2Cl)nc(-c2c(C)noc2C)c1C. The predicted octanol–water partition coefficient (Wildman–Crippen LogP) is 4.71. The highest BCUT2D eigenvalue weighted by Crippen LogP contribution is 2.37. The van der Waals surface area contributed by atoms with E-state index in [0.717, 1.165) is 47.6 Å². The summed E-state index contributed by atoms with van der Waals surface area (Å²) in [5.74, 6) is 2.44. The second-order valence-electron chi connectivity index (χ2n) is 9.41. The van der Waals surface area contributed by atoms with E-state index < -0.39 is 6.10 Å². The lowest BCUT2D eigenvalue weighted by molar-refractivity contribution is 0.0615. The number of ether oxygens (including phenoxy) is 2. The van der Waals surface area contributed by atoms with Crippen LogP contribution in [-0.2, 0) is 4.74 Å². The van der Waals surface area contributed by atoms with Gasteiger partial charge in [0.15, 0.2) is 5.82 Å². The molecule has 10 heteroatoms.